The molecule has 1 fully saturated rings. The van der Waals surface area contributed by atoms with Gasteiger partial charge in [0.05, 0.1) is 17.6 Å². The minimum Gasteiger partial charge on any atom is -0.491 e. The van der Waals surface area contributed by atoms with Gasteiger partial charge in [-0.15, -0.1) is 0 Å². The SMILES string of the molecule is Cc1cccc(OCC(O)Cn2c(C3CCC3)nc3ccccc32)c1. The van der Waals surface area contributed by atoms with Crippen molar-refractivity contribution in [2.75, 3.05) is 6.61 Å². The zero-order chi connectivity index (χ0) is 17.2. The molecule has 0 spiro atoms. The molecule has 0 radical (unpaired) electrons. The van der Waals surface area contributed by atoms with Gasteiger partial charge in [-0.05, 0) is 49.6 Å². The molecule has 1 unspecified atom stereocenters. The molecule has 1 atom stereocenters. The van der Waals surface area contributed by atoms with E-state index in [2.05, 4.69) is 10.6 Å². The largest absolute Gasteiger partial charge is 0.491 e. The fourth-order valence-corrected chi connectivity index (χ4v) is 3.43. The fraction of sp³-hybridized carbons (Fsp3) is 0.381. The van der Waals surface area contributed by atoms with Crippen LogP contribution in [0.25, 0.3) is 11.0 Å². The van der Waals surface area contributed by atoms with Gasteiger partial charge in [-0.3, -0.25) is 0 Å². The van der Waals surface area contributed by atoms with Crippen molar-refractivity contribution in [3.05, 3.63) is 59.9 Å². The van der Waals surface area contributed by atoms with Gasteiger partial charge >= 0.3 is 0 Å². The summed E-state index contributed by atoms with van der Waals surface area (Å²) >= 11 is 0. The third kappa shape index (κ3) is 3.40. The number of ether oxygens (including phenoxy) is 1. The number of imidazole rings is 1. The summed E-state index contributed by atoms with van der Waals surface area (Å²) in [6.45, 7) is 2.82. The Morgan fingerprint density at radius 2 is 2.04 bits per heavy atom. The number of hydrogen-bond donors (Lipinski definition) is 1. The quantitative estimate of drug-likeness (QED) is 0.739. The Morgan fingerprint density at radius 3 is 2.80 bits per heavy atom. The number of hydrogen-bond acceptors (Lipinski definition) is 3. The maximum Gasteiger partial charge on any atom is 0.119 e. The van der Waals surface area contributed by atoms with Crippen LogP contribution in [0.4, 0.5) is 0 Å². The number of nitrogens with zero attached hydrogens (tertiary/aromatic N) is 2. The van der Waals surface area contributed by atoms with E-state index >= 15 is 0 Å². The second kappa shape index (κ2) is 6.89. The average molecular weight is 336 g/mol. The molecule has 1 aromatic heterocycles. The number of aromatic nitrogens is 2. The van der Waals surface area contributed by atoms with Crippen molar-refractivity contribution < 1.29 is 9.84 Å². The van der Waals surface area contributed by atoms with Crippen LogP contribution < -0.4 is 4.74 Å². The van der Waals surface area contributed by atoms with Crippen LogP contribution in [0.15, 0.2) is 48.5 Å². The first kappa shape index (κ1) is 16.2. The molecule has 130 valence electrons. The summed E-state index contributed by atoms with van der Waals surface area (Å²) in [6.07, 6.45) is 3.09. The first-order valence-corrected chi connectivity index (χ1v) is 9.03. The number of para-hydroxylation sites is 2. The molecular weight excluding hydrogens is 312 g/mol. The minimum atomic E-state index is -0.572. The molecule has 2 aromatic carbocycles. The Hall–Kier alpha value is -2.33. The number of fused-ring (bicyclic) bond motifs is 1. The summed E-state index contributed by atoms with van der Waals surface area (Å²) < 4.78 is 7.95. The van der Waals surface area contributed by atoms with Gasteiger partial charge in [-0.1, -0.05) is 30.7 Å². The molecule has 1 aliphatic rings. The van der Waals surface area contributed by atoms with Gasteiger partial charge in [-0.25, -0.2) is 4.98 Å². The van der Waals surface area contributed by atoms with E-state index in [9.17, 15) is 5.11 Å². The highest BCUT2D eigenvalue weighted by atomic mass is 16.5. The summed E-state index contributed by atoms with van der Waals surface area (Å²) in [5.41, 5.74) is 3.26. The van der Waals surface area contributed by atoms with Gasteiger partial charge in [0.1, 0.15) is 24.3 Å². The van der Waals surface area contributed by atoms with Gasteiger partial charge < -0.3 is 14.4 Å². The lowest BCUT2D eigenvalue weighted by Gasteiger charge is -2.26. The van der Waals surface area contributed by atoms with Crippen molar-refractivity contribution in [2.45, 2.75) is 44.8 Å². The molecule has 0 amide bonds. The van der Waals surface area contributed by atoms with E-state index in [0.717, 1.165) is 28.2 Å². The molecule has 1 saturated carbocycles. The number of aliphatic hydroxyl groups excluding tert-OH is 1. The summed E-state index contributed by atoms with van der Waals surface area (Å²) in [7, 11) is 0. The Labute approximate surface area is 148 Å². The van der Waals surface area contributed by atoms with Crippen LogP contribution in [0, 0.1) is 6.92 Å². The van der Waals surface area contributed by atoms with Gasteiger partial charge in [0.25, 0.3) is 0 Å². The van der Waals surface area contributed by atoms with E-state index in [1.807, 2.05) is 49.4 Å². The molecule has 1 aliphatic carbocycles. The minimum absolute atomic E-state index is 0.278. The van der Waals surface area contributed by atoms with Crippen LogP contribution in [0.2, 0.25) is 0 Å². The van der Waals surface area contributed by atoms with E-state index in [0.29, 0.717) is 12.5 Å². The summed E-state index contributed by atoms with van der Waals surface area (Å²) in [6, 6.07) is 16.1. The average Bonchev–Trinajstić information content (AvgIpc) is 2.90. The van der Waals surface area contributed by atoms with E-state index in [1.165, 1.54) is 19.3 Å². The normalized spacial score (nSPS) is 15.9. The smallest absolute Gasteiger partial charge is 0.119 e. The van der Waals surface area contributed by atoms with E-state index < -0.39 is 6.10 Å². The van der Waals surface area contributed by atoms with Crippen molar-refractivity contribution in [3.8, 4) is 5.75 Å². The fourth-order valence-electron chi connectivity index (χ4n) is 3.43. The third-order valence-corrected chi connectivity index (χ3v) is 4.98. The first-order valence-electron chi connectivity index (χ1n) is 9.03. The zero-order valence-corrected chi connectivity index (χ0v) is 14.6. The predicted molar refractivity (Wildman–Crippen MR) is 99.0 cm³/mol. The Balaban J connectivity index is 1.51. The van der Waals surface area contributed by atoms with Crippen molar-refractivity contribution in [2.24, 2.45) is 0 Å². The lowest BCUT2D eigenvalue weighted by atomic mass is 9.85. The molecule has 4 heteroatoms. The second-order valence-electron chi connectivity index (χ2n) is 6.98. The van der Waals surface area contributed by atoms with Crippen molar-refractivity contribution in [3.63, 3.8) is 0 Å². The number of aryl methyl sites for hydroxylation is 1. The maximum atomic E-state index is 10.5. The van der Waals surface area contributed by atoms with Crippen LogP contribution in [-0.2, 0) is 6.54 Å². The first-order chi connectivity index (χ1) is 12.2. The molecule has 0 saturated heterocycles. The van der Waals surface area contributed by atoms with Gasteiger partial charge in [-0.2, -0.15) is 0 Å². The van der Waals surface area contributed by atoms with E-state index in [-0.39, 0.29) is 6.61 Å². The monoisotopic (exact) mass is 336 g/mol. The Bertz CT molecular complexity index is 867. The Kier molecular flexibility index (Phi) is 4.45. The van der Waals surface area contributed by atoms with E-state index in [1.54, 1.807) is 0 Å². The standard InChI is InChI=1S/C21H24N2O2/c1-15-6-4-9-18(12-15)25-14-17(24)13-23-20-11-3-2-10-19(20)22-21(23)16-7-5-8-16/h2-4,6,9-12,16-17,24H,5,7-8,13-14H2,1H3. The lowest BCUT2D eigenvalue weighted by molar-refractivity contribution is 0.0919. The van der Waals surface area contributed by atoms with Crippen LogP contribution in [0.5, 0.6) is 5.75 Å². The van der Waals surface area contributed by atoms with Crippen molar-refractivity contribution in [1.29, 1.82) is 0 Å². The third-order valence-electron chi connectivity index (χ3n) is 4.98. The lowest BCUT2D eigenvalue weighted by Crippen LogP contribution is -2.26. The molecule has 4 rings (SSSR count). The molecule has 0 aliphatic heterocycles. The van der Waals surface area contributed by atoms with Crippen LogP contribution in [-0.4, -0.2) is 27.4 Å². The number of benzene rings is 2. The van der Waals surface area contributed by atoms with Crippen molar-refractivity contribution >= 4 is 11.0 Å². The Morgan fingerprint density at radius 1 is 1.20 bits per heavy atom. The highest BCUT2D eigenvalue weighted by Gasteiger charge is 2.26. The highest BCUT2D eigenvalue weighted by molar-refractivity contribution is 5.76. The van der Waals surface area contributed by atoms with Gasteiger partial charge in [0.2, 0.25) is 0 Å². The van der Waals surface area contributed by atoms with Crippen LogP contribution >= 0.6 is 0 Å². The summed E-state index contributed by atoms with van der Waals surface area (Å²) in [4.78, 5) is 4.83. The van der Waals surface area contributed by atoms with Crippen LogP contribution in [0.3, 0.4) is 0 Å². The summed E-state index contributed by atoms with van der Waals surface area (Å²) in [5.74, 6) is 2.44. The molecule has 1 heterocycles. The second-order valence-corrected chi connectivity index (χ2v) is 6.98. The number of aliphatic hydroxyl groups is 1. The predicted octanol–water partition coefficient (Wildman–Crippen LogP) is 4.05. The molecule has 3 aromatic rings. The van der Waals surface area contributed by atoms with Gasteiger partial charge in [0, 0.05) is 5.92 Å². The molecular formula is C21H24N2O2. The van der Waals surface area contributed by atoms with E-state index in [4.69, 9.17) is 9.72 Å². The highest BCUT2D eigenvalue weighted by Crippen LogP contribution is 2.37. The molecule has 25 heavy (non-hydrogen) atoms. The number of rotatable bonds is 6. The molecule has 1 N–H and O–H groups in total. The molecule has 0 bridgehead atoms. The maximum absolute atomic E-state index is 10.5. The van der Waals surface area contributed by atoms with Crippen LogP contribution in [0.1, 0.15) is 36.6 Å². The zero-order valence-electron chi connectivity index (χ0n) is 14.6. The van der Waals surface area contributed by atoms with Gasteiger partial charge in [0.15, 0.2) is 0 Å². The van der Waals surface area contributed by atoms with Crippen molar-refractivity contribution in [1.82, 2.24) is 9.55 Å². The topological polar surface area (TPSA) is 47.3 Å². The molecule has 4 nitrogen and oxygen atoms in total. The summed E-state index contributed by atoms with van der Waals surface area (Å²) in [5, 5.41) is 10.5.